The predicted molar refractivity (Wildman–Crippen MR) is 96.9 cm³/mol. The molecule has 0 aromatic heterocycles. The summed E-state index contributed by atoms with van der Waals surface area (Å²) in [6, 6.07) is 0. The molecular weight excluding hydrogens is 336 g/mol. The smallest absolute Gasteiger partial charge is 0.372 e. The summed E-state index contributed by atoms with van der Waals surface area (Å²) < 4.78 is 15.8. The molecule has 116 valence electrons. The van der Waals surface area contributed by atoms with Crippen LogP contribution >= 0.6 is 50.5 Å². The van der Waals surface area contributed by atoms with E-state index in [4.69, 9.17) is 13.3 Å². The van der Waals surface area contributed by atoms with Crippen molar-refractivity contribution in [1.82, 2.24) is 0 Å². The zero-order valence-electron chi connectivity index (χ0n) is 12.0. The monoisotopic (exact) mass is 362 g/mol. The highest BCUT2D eigenvalue weighted by Crippen LogP contribution is 2.50. The molecule has 0 bridgehead atoms. The SMILES string of the molecule is CCCC(S)(S)C(S)(S)[Si](OCC)(OCC)OCC. The van der Waals surface area contributed by atoms with E-state index in [0.717, 1.165) is 6.42 Å². The van der Waals surface area contributed by atoms with Gasteiger partial charge in [0, 0.05) is 19.8 Å². The van der Waals surface area contributed by atoms with Crippen molar-refractivity contribution < 1.29 is 13.3 Å². The normalized spacial score (nSPS) is 13.9. The fourth-order valence-electron chi connectivity index (χ4n) is 1.77. The van der Waals surface area contributed by atoms with Crippen LogP contribution in [0.15, 0.2) is 0 Å². The number of rotatable bonds is 10. The van der Waals surface area contributed by atoms with Gasteiger partial charge in [-0.15, -0.1) is 0 Å². The van der Waals surface area contributed by atoms with E-state index in [1.165, 1.54) is 0 Å². The van der Waals surface area contributed by atoms with Gasteiger partial charge in [0.15, 0.2) is 0 Å². The molecule has 0 amide bonds. The first-order chi connectivity index (χ1) is 8.74. The molecule has 0 aliphatic rings. The average Bonchev–Trinajstić information content (AvgIpc) is 2.29. The average molecular weight is 363 g/mol. The topological polar surface area (TPSA) is 27.7 Å². The van der Waals surface area contributed by atoms with Gasteiger partial charge in [0.1, 0.15) is 3.70 Å². The van der Waals surface area contributed by atoms with E-state index in [0.29, 0.717) is 26.2 Å². The molecule has 0 saturated carbocycles. The molecule has 0 rings (SSSR count). The Labute approximate surface area is 140 Å². The van der Waals surface area contributed by atoms with Crippen molar-refractivity contribution in [3.63, 3.8) is 0 Å². The summed E-state index contributed by atoms with van der Waals surface area (Å²) in [6.45, 7) is 9.17. The van der Waals surface area contributed by atoms with Gasteiger partial charge in [0.25, 0.3) is 0 Å². The Balaban J connectivity index is 5.51. The van der Waals surface area contributed by atoms with Crippen LogP contribution in [-0.2, 0) is 13.3 Å². The lowest BCUT2D eigenvalue weighted by molar-refractivity contribution is 0.0657. The summed E-state index contributed by atoms with van der Waals surface area (Å²) in [5.41, 5.74) is 0. The maximum Gasteiger partial charge on any atom is 0.530 e. The number of thiol groups is 4. The number of hydrogen-bond acceptors (Lipinski definition) is 7. The summed E-state index contributed by atoms with van der Waals surface area (Å²) in [6.07, 6.45) is 1.62. The van der Waals surface area contributed by atoms with Crippen LogP contribution in [0.5, 0.6) is 0 Å². The van der Waals surface area contributed by atoms with Gasteiger partial charge >= 0.3 is 8.80 Å². The van der Waals surface area contributed by atoms with Crippen molar-refractivity contribution in [2.45, 2.75) is 48.3 Å². The van der Waals surface area contributed by atoms with Gasteiger partial charge in [0.05, 0.1) is 4.08 Å². The predicted octanol–water partition coefficient (Wildman–Crippen LogP) is 3.49. The van der Waals surface area contributed by atoms with Crippen LogP contribution in [-0.4, -0.2) is 36.4 Å². The second-order valence-electron chi connectivity index (χ2n) is 4.09. The Bertz CT molecular complexity index is 247. The molecule has 3 nitrogen and oxygen atoms in total. The van der Waals surface area contributed by atoms with E-state index in [-0.39, 0.29) is 0 Å². The zero-order chi connectivity index (χ0) is 15.2. The molecule has 0 aliphatic carbocycles. The van der Waals surface area contributed by atoms with Gasteiger partial charge in [-0.05, 0) is 27.2 Å². The third-order valence-electron chi connectivity index (χ3n) is 2.59. The standard InChI is InChI=1S/C11H26O3S4Si/c1-5-9-10(15,16)11(17,18)19(12-6-2,13-7-3)14-8-4/h15-18H,5-9H2,1-4H3. The highest BCUT2D eigenvalue weighted by Gasteiger charge is 2.65. The van der Waals surface area contributed by atoms with E-state index >= 15 is 0 Å². The molecule has 0 saturated heterocycles. The summed E-state index contributed by atoms with van der Waals surface area (Å²) >= 11 is 18.6. The summed E-state index contributed by atoms with van der Waals surface area (Å²) in [4.78, 5) is 0. The van der Waals surface area contributed by atoms with Crippen LogP contribution in [0.2, 0.25) is 0 Å². The van der Waals surface area contributed by atoms with Crippen LogP contribution in [0.1, 0.15) is 40.5 Å². The van der Waals surface area contributed by atoms with Gasteiger partial charge in [0.2, 0.25) is 0 Å². The lowest BCUT2D eigenvalue weighted by atomic mass is 10.2. The molecule has 0 aromatic carbocycles. The zero-order valence-corrected chi connectivity index (χ0v) is 16.6. The molecule has 19 heavy (non-hydrogen) atoms. The Morgan fingerprint density at radius 2 is 1.16 bits per heavy atom. The molecule has 0 aliphatic heterocycles. The molecule has 0 aromatic rings. The van der Waals surface area contributed by atoms with Crippen molar-refractivity contribution in [2.75, 3.05) is 19.8 Å². The maximum atomic E-state index is 5.85. The second kappa shape index (κ2) is 8.82. The maximum absolute atomic E-state index is 5.85. The molecule has 0 unspecified atom stereocenters. The fraction of sp³-hybridized carbons (Fsp3) is 1.00. The summed E-state index contributed by atoms with van der Waals surface area (Å²) in [5.74, 6) is 0. The highest BCUT2D eigenvalue weighted by atomic mass is 32.2. The Morgan fingerprint density at radius 1 is 0.789 bits per heavy atom. The first-order valence-corrected chi connectivity index (χ1v) is 10.1. The molecule has 8 heteroatoms. The van der Waals surface area contributed by atoms with E-state index in [2.05, 4.69) is 57.4 Å². The highest BCUT2D eigenvalue weighted by molar-refractivity contribution is 8.10. The molecule has 0 radical (unpaired) electrons. The summed E-state index contributed by atoms with van der Waals surface area (Å²) in [7, 11) is -3.12. The van der Waals surface area contributed by atoms with E-state index in [1.54, 1.807) is 0 Å². The van der Waals surface area contributed by atoms with Crippen molar-refractivity contribution in [2.24, 2.45) is 0 Å². The largest absolute Gasteiger partial charge is 0.530 e. The first-order valence-electron chi connectivity index (χ1n) is 6.55. The Hall–Kier alpha value is 1.50. The summed E-state index contributed by atoms with van der Waals surface area (Å²) in [5, 5.41) is 0. The molecule has 0 heterocycles. The molecule has 0 fully saturated rings. The third kappa shape index (κ3) is 4.74. The molecule has 0 spiro atoms. The third-order valence-corrected chi connectivity index (χ3v) is 10.5. The first kappa shape index (κ1) is 20.5. The van der Waals surface area contributed by atoms with Gasteiger partial charge < -0.3 is 13.3 Å². The van der Waals surface area contributed by atoms with E-state index < -0.39 is 16.6 Å². The molecule has 0 N–H and O–H groups in total. The second-order valence-corrected chi connectivity index (χ2v) is 11.2. The van der Waals surface area contributed by atoms with E-state index in [1.807, 2.05) is 20.8 Å². The number of hydrogen-bond donors (Lipinski definition) is 4. The lowest BCUT2D eigenvalue weighted by Crippen LogP contribution is -2.66. The van der Waals surface area contributed by atoms with Crippen LogP contribution in [0.3, 0.4) is 0 Å². The quantitative estimate of drug-likeness (QED) is 0.272. The van der Waals surface area contributed by atoms with Gasteiger partial charge in [-0.3, -0.25) is 0 Å². The van der Waals surface area contributed by atoms with Crippen molar-refractivity contribution >= 4 is 59.3 Å². The minimum absolute atomic E-state index is 0.471. The van der Waals surface area contributed by atoms with E-state index in [9.17, 15) is 0 Å². The van der Waals surface area contributed by atoms with Gasteiger partial charge in [-0.2, -0.15) is 50.5 Å². The van der Waals surface area contributed by atoms with Gasteiger partial charge in [-0.25, -0.2) is 0 Å². The fourth-order valence-corrected chi connectivity index (χ4v) is 7.03. The van der Waals surface area contributed by atoms with Crippen molar-refractivity contribution in [1.29, 1.82) is 0 Å². The van der Waals surface area contributed by atoms with Crippen LogP contribution in [0.4, 0.5) is 0 Å². The van der Waals surface area contributed by atoms with Crippen LogP contribution < -0.4 is 0 Å². The Kier molecular flexibility index (Phi) is 9.52. The van der Waals surface area contributed by atoms with Gasteiger partial charge in [-0.1, -0.05) is 13.3 Å². The molecule has 0 atom stereocenters. The van der Waals surface area contributed by atoms with Crippen LogP contribution in [0.25, 0.3) is 0 Å². The van der Waals surface area contributed by atoms with Crippen LogP contribution in [0, 0.1) is 0 Å². The Morgan fingerprint density at radius 3 is 1.42 bits per heavy atom. The molecular formula is C11H26O3S4Si. The van der Waals surface area contributed by atoms with Crippen molar-refractivity contribution in [3.05, 3.63) is 0 Å². The minimum Gasteiger partial charge on any atom is -0.372 e. The minimum atomic E-state index is -3.12. The lowest BCUT2D eigenvalue weighted by Gasteiger charge is -2.46. The van der Waals surface area contributed by atoms with Crippen molar-refractivity contribution in [3.8, 4) is 0 Å².